The molecule has 0 spiro atoms. The summed E-state index contributed by atoms with van der Waals surface area (Å²) >= 11 is 3.18. The summed E-state index contributed by atoms with van der Waals surface area (Å²) in [6, 6.07) is 8.39. The van der Waals surface area contributed by atoms with Gasteiger partial charge in [0.25, 0.3) is 5.91 Å². The van der Waals surface area contributed by atoms with Gasteiger partial charge in [0.05, 0.1) is 11.1 Å². The molecule has 2 aromatic rings. The number of phenols is 1. The lowest BCUT2D eigenvalue weighted by Gasteiger charge is -2.14. The van der Waals surface area contributed by atoms with Crippen LogP contribution < -0.4 is 10.1 Å². The van der Waals surface area contributed by atoms with Crippen LogP contribution in [0.15, 0.2) is 46.9 Å². The van der Waals surface area contributed by atoms with Gasteiger partial charge < -0.3 is 20.3 Å². The fourth-order valence-corrected chi connectivity index (χ4v) is 2.35. The Morgan fingerprint density at radius 3 is 2.46 bits per heavy atom. The highest BCUT2D eigenvalue weighted by molar-refractivity contribution is 9.10. The topological polar surface area (TPSA) is 78.8 Å². The molecule has 0 radical (unpaired) electrons. The number of halogens is 4. The van der Waals surface area contributed by atoms with Gasteiger partial charge in [-0.3, -0.25) is 4.79 Å². The van der Waals surface area contributed by atoms with E-state index >= 15 is 0 Å². The summed E-state index contributed by atoms with van der Waals surface area (Å²) in [5.41, 5.74) is -0.762. The Labute approximate surface area is 155 Å². The molecule has 140 valence electrons. The van der Waals surface area contributed by atoms with Crippen LogP contribution in [0.1, 0.15) is 15.9 Å². The van der Waals surface area contributed by atoms with Gasteiger partial charge in [-0.2, -0.15) is 13.2 Å². The largest absolute Gasteiger partial charge is 0.507 e. The molecule has 9 heteroatoms. The third-order valence-electron chi connectivity index (χ3n) is 3.33. The molecule has 0 bridgehead atoms. The van der Waals surface area contributed by atoms with E-state index in [0.29, 0.717) is 4.47 Å². The van der Waals surface area contributed by atoms with E-state index in [2.05, 4.69) is 21.2 Å². The molecule has 0 saturated carbocycles. The normalized spacial score (nSPS) is 12.5. The van der Waals surface area contributed by atoms with Crippen molar-refractivity contribution in [3.05, 3.63) is 58.1 Å². The van der Waals surface area contributed by atoms with E-state index in [0.717, 1.165) is 24.3 Å². The number of carbonyl (C=O) groups excluding carboxylic acids is 1. The third kappa shape index (κ3) is 5.63. The Kier molecular flexibility index (Phi) is 6.49. The molecule has 0 aromatic heterocycles. The summed E-state index contributed by atoms with van der Waals surface area (Å²) in [5.74, 6) is -0.633. The van der Waals surface area contributed by atoms with Crippen LogP contribution in [0.3, 0.4) is 0 Å². The van der Waals surface area contributed by atoms with Gasteiger partial charge in [-0.05, 0) is 42.5 Å². The maximum atomic E-state index is 12.5. The van der Waals surface area contributed by atoms with Gasteiger partial charge in [0, 0.05) is 11.0 Å². The number of alkyl halides is 3. The van der Waals surface area contributed by atoms with Crippen molar-refractivity contribution in [2.75, 3.05) is 13.2 Å². The zero-order valence-corrected chi connectivity index (χ0v) is 14.8. The van der Waals surface area contributed by atoms with Crippen LogP contribution in [-0.4, -0.2) is 35.4 Å². The summed E-state index contributed by atoms with van der Waals surface area (Å²) in [7, 11) is 0. The van der Waals surface area contributed by atoms with Crippen molar-refractivity contribution < 1.29 is 32.9 Å². The first-order valence-electron chi connectivity index (χ1n) is 7.41. The highest BCUT2D eigenvalue weighted by atomic mass is 79.9. The van der Waals surface area contributed by atoms with Crippen LogP contribution in [0.25, 0.3) is 0 Å². The number of amides is 1. The Hall–Kier alpha value is -2.26. The van der Waals surface area contributed by atoms with Crippen molar-refractivity contribution in [2.45, 2.75) is 12.3 Å². The van der Waals surface area contributed by atoms with Crippen molar-refractivity contribution in [1.82, 2.24) is 5.32 Å². The quantitative estimate of drug-likeness (QED) is 0.652. The van der Waals surface area contributed by atoms with Gasteiger partial charge >= 0.3 is 6.18 Å². The van der Waals surface area contributed by atoms with E-state index in [9.17, 15) is 28.2 Å². The fraction of sp³-hybridized carbons (Fsp3) is 0.235. The summed E-state index contributed by atoms with van der Waals surface area (Å²) < 4.78 is 43.2. The van der Waals surface area contributed by atoms with Crippen LogP contribution in [0.5, 0.6) is 11.5 Å². The minimum Gasteiger partial charge on any atom is -0.507 e. The predicted molar refractivity (Wildman–Crippen MR) is 91.1 cm³/mol. The molecule has 0 aliphatic carbocycles. The third-order valence-corrected chi connectivity index (χ3v) is 3.82. The molecular weight excluding hydrogens is 419 g/mol. The van der Waals surface area contributed by atoms with E-state index in [1.165, 1.54) is 12.1 Å². The number of nitrogens with one attached hydrogen (secondary N) is 1. The molecule has 1 atom stereocenters. The number of hydrogen-bond acceptors (Lipinski definition) is 4. The van der Waals surface area contributed by atoms with Crippen LogP contribution in [0, 0.1) is 0 Å². The van der Waals surface area contributed by atoms with Crippen LogP contribution >= 0.6 is 15.9 Å². The lowest BCUT2D eigenvalue weighted by molar-refractivity contribution is -0.137. The molecule has 1 amide bonds. The maximum absolute atomic E-state index is 12.5. The minimum atomic E-state index is -4.43. The molecule has 3 N–H and O–H groups in total. The Balaban J connectivity index is 1.82. The highest BCUT2D eigenvalue weighted by Crippen LogP contribution is 2.30. The second-order valence-corrected chi connectivity index (χ2v) is 6.27. The van der Waals surface area contributed by atoms with Crippen LogP contribution in [0.2, 0.25) is 0 Å². The van der Waals surface area contributed by atoms with Crippen LogP contribution in [-0.2, 0) is 6.18 Å². The molecule has 26 heavy (non-hydrogen) atoms. The van der Waals surface area contributed by atoms with Gasteiger partial charge in [0.2, 0.25) is 0 Å². The van der Waals surface area contributed by atoms with Crippen molar-refractivity contribution in [3.8, 4) is 11.5 Å². The number of aliphatic hydroxyl groups is 1. The van der Waals surface area contributed by atoms with Crippen molar-refractivity contribution in [3.63, 3.8) is 0 Å². The Morgan fingerprint density at radius 1 is 1.19 bits per heavy atom. The zero-order valence-electron chi connectivity index (χ0n) is 13.3. The molecular formula is C17H15BrF3NO4. The molecule has 0 heterocycles. The average molecular weight is 434 g/mol. The fourth-order valence-electron chi connectivity index (χ4n) is 1.99. The maximum Gasteiger partial charge on any atom is 0.416 e. The van der Waals surface area contributed by atoms with E-state index < -0.39 is 23.8 Å². The summed E-state index contributed by atoms with van der Waals surface area (Å²) in [4.78, 5) is 12.0. The van der Waals surface area contributed by atoms with E-state index in [1.54, 1.807) is 6.07 Å². The molecule has 0 fully saturated rings. The highest BCUT2D eigenvalue weighted by Gasteiger charge is 2.30. The van der Waals surface area contributed by atoms with Gasteiger partial charge in [-0.1, -0.05) is 15.9 Å². The molecule has 1 unspecified atom stereocenters. The zero-order chi connectivity index (χ0) is 19.3. The minimum absolute atomic E-state index is 0.0373. The number of benzene rings is 2. The Bertz CT molecular complexity index is 766. The molecule has 5 nitrogen and oxygen atoms in total. The molecule has 2 aromatic carbocycles. The van der Waals surface area contributed by atoms with Crippen molar-refractivity contribution >= 4 is 21.8 Å². The summed E-state index contributed by atoms with van der Waals surface area (Å²) in [6.45, 7) is -0.387. The van der Waals surface area contributed by atoms with E-state index in [-0.39, 0.29) is 30.2 Å². The smallest absolute Gasteiger partial charge is 0.416 e. The monoisotopic (exact) mass is 433 g/mol. The SMILES string of the molecule is O=C(NCC(O)COc1ccc(C(F)(F)F)cc1)c1cc(Br)ccc1O. The number of rotatable bonds is 6. The van der Waals surface area contributed by atoms with E-state index in [1.807, 2.05) is 0 Å². The standard InChI is InChI=1S/C17H15BrF3NO4/c18-11-3-6-15(24)14(7-11)16(25)22-8-12(23)9-26-13-4-1-10(2-5-13)17(19,20)21/h1-7,12,23-24H,8-9H2,(H,22,25). The summed E-state index contributed by atoms with van der Waals surface area (Å²) in [6.07, 6.45) is -5.52. The average Bonchev–Trinajstić information content (AvgIpc) is 2.59. The van der Waals surface area contributed by atoms with Crippen LogP contribution in [0.4, 0.5) is 13.2 Å². The molecule has 0 aliphatic heterocycles. The van der Waals surface area contributed by atoms with Gasteiger partial charge in [-0.25, -0.2) is 0 Å². The van der Waals surface area contributed by atoms with Crippen molar-refractivity contribution in [2.24, 2.45) is 0 Å². The first kappa shape index (κ1) is 20.1. The first-order chi connectivity index (χ1) is 12.2. The predicted octanol–water partition coefficient (Wildman–Crippen LogP) is 3.34. The van der Waals surface area contributed by atoms with Gasteiger partial charge in [0.1, 0.15) is 24.2 Å². The number of phenolic OH excluding ortho intramolecular Hbond substituents is 1. The molecule has 0 saturated heterocycles. The number of aromatic hydroxyl groups is 1. The lowest BCUT2D eigenvalue weighted by atomic mass is 10.2. The second kappa shape index (κ2) is 8.41. The number of ether oxygens (including phenoxy) is 1. The number of aliphatic hydroxyl groups excluding tert-OH is 1. The Morgan fingerprint density at radius 2 is 1.85 bits per heavy atom. The molecule has 0 aliphatic rings. The summed E-state index contributed by atoms with van der Waals surface area (Å²) in [5, 5.41) is 21.9. The number of hydrogen-bond donors (Lipinski definition) is 3. The van der Waals surface area contributed by atoms with Crippen molar-refractivity contribution in [1.29, 1.82) is 0 Å². The van der Waals surface area contributed by atoms with Gasteiger partial charge in [-0.15, -0.1) is 0 Å². The second-order valence-electron chi connectivity index (χ2n) is 5.36. The van der Waals surface area contributed by atoms with E-state index in [4.69, 9.17) is 4.74 Å². The molecule has 2 rings (SSSR count). The number of carbonyl (C=O) groups is 1. The first-order valence-corrected chi connectivity index (χ1v) is 8.21. The lowest BCUT2D eigenvalue weighted by Crippen LogP contribution is -2.35. The van der Waals surface area contributed by atoms with Gasteiger partial charge in [0.15, 0.2) is 0 Å².